The van der Waals surface area contributed by atoms with Crippen LogP contribution in [0.2, 0.25) is 0 Å². The van der Waals surface area contributed by atoms with Crippen LogP contribution in [0.25, 0.3) is 0 Å². The van der Waals surface area contributed by atoms with Crippen molar-refractivity contribution < 1.29 is 4.79 Å². The summed E-state index contributed by atoms with van der Waals surface area (Å²) in [6.07, 6.45) is 8.93. The highest BCUT2D eigenvalue weighted by molar-refractivity contribution is 5.78. The molecule has 2 aliphatic rings. The lowest BCUT2D eigenvalue weighted by atomic mass is 9.95. The zero-order chi connectivity index (χ0) is 12.3. The molecule has 0 spiro atoms. The quantitative estimate of drug-likeness (QED) is 0.796. The number of nitrogens with one attached hydrogen (secondary N) is 1. The van der Waals surface area contributed by atoms with Crippen LogP contribution in [-0.4, -0.2) is 36.5 Å². The summed E-state index contributed by atoms with van der Waals surface area (Å²) < 4.78 is 0. The average molecular weight is 238 g/mol. The van der Waals surface area contributed by atoms with E-state index >= 15 is 0 Å². The fraction of sp³-hybridized carbons (Fsp3) is 0.929. The molecule has 1 unspecified atom stereocenters. The predicted octanol–water partition coefficient (Wildman–Crippen LogP) is 2.17. The maximum Gasteiger partial charge on any atom is 0.234 e. The lowest BCUT2D eigenvalue weighted by Gasteiger charge is -2.27. The standard InChI is InChI=1S/C14H26N2O/c1-11(12-8-9-12)16(2)10-14(17)15-13-6-4-3-5-7-13/h11-13H,3-10H2,1-2H3,(H,15,17). The van der Waals surface area contributed by atoms with Gasteiger partial charge in [-0.15, -0.1) is 0 Å². The molecule has 17 heavy (non-hydrogen) atoms. The zero-order valence-electron chi connectivity index (χ0n) is 11.2. The number of rotatable bonds is 5. The molecule has 1 N–H and O–H groups in total. The van der Waals surface area contributed by atoms with Gasteiger partial charge in [0.15, 0.2) is 0 Å². The maximum absolute atomic E-state index is 11.9. The molecule has 0 aromatic carbocycles. The highest BCUT2D eigenvalue weighted by atomic mass is 16.2. The first kappa shape index (κ1) is 12.9. The van der Waals surface area contributed by atoms with Crippen LogP contribution >= 0.6 is 0 Å². The second-order valence-electron chi connectivity index (χ2n) is 5.90. The Bertz CT molecular complexity index is 257. The summed E-state index contributed by atoms with van der Waals surface area (Å²) in [7, 11) is 2.07. The summed E-state index contributed by atoms with van der Waals surface area (Å²) in [5.74, 6) is 1.05. The van der Waals surface area contributed by atoms with Gasteiger partial charge in [0.2, 0.25) is 5.91 Å². The fourth-order valence-electron chi connectivity index (χ4n) is 2.83. The molecule has 2 aliphatic carbocycles. The van der Waals surface area contributed by atoms with Crippen LogP contribution in [-0.2, 0) is 4.79 Å². The summed E-state index contributed by atoms with van der Waals surface area (Å²) in [6, 6.07) is 1.01. The number of hydrogen-bond donors (Lipinski definition) is 1. The highest BCUT2D eigenvalue weighted by Gasteiger charge is 2.31. The van der Waals surface area contributed by atoms with E-state index in [-0.39, 0.29) is 5.91 Å². The minimum Gasteiger partial charge on any atom is -0.352 e. The van der Waals surface area contributed by atoms with Crippen molar-refractivity contribution in [1.29, 1.82) is 0 Å². The number of likely N-dealkylation sites (N-methyl/N-ethyl adjacent to an activating group) is 1. The monoisotopic (exact) mass is 238 g/mol. The minimum atomic E-state index is 0.215. The summed E-state index contributed by atoms with van der Waals surface area (Å²) in [5, 5.41) is 3.18. The molecule has 3 heteroatoms. The average Bonchev–Trinajstić information content (AvgIpc) is 3.13. The molecule has 1 atom stereocenters. The maximum atomic E-state index is 11.9. The van der Waals surface area contributed by atoms with Gasteiger partial charge in [0.25, 0.3) is 0 Å². The smallest absolute Gasteiger partial charge is 0.234 e. The number of hydrogen-bond acceptors (Lipinski definition) is 2. The lowest BCUT2D eigenvalue weighted by Crippen LogP contribution is -2.44. The van der Waals surface area contributed by atoms with Gasteiger partial charge in [-0.05, 0) is 45.6 Å². The molecule has 0 saturated heterocycles. The summed E-state index contributed by atoms with van der Waals surface area (Å²) in [5.41, 5.74) is 0. The summed E-state index contributed by atoms with van der Waals surface area (Å²) >= 11 is 0. The van der Waals surface area contributed by atoms with Gasteiger partial charge in [-0.1, -0.05) is 19.3 Å². The molecular formula is C14H26N2O. The SMILES string of the molecule is CC(C1CC1)N(C)CC(=O)NC1CCCCC1. The van der Waals surface area contributed by atoms with Crippen molar-refractivity contribution in [2.75, 3.05) is 13.6 Å². The Labute approximate surface area is 105 Å². The van der Waals surface area contributed by atoms with Gasteiger partial charge in [-0.25, -0.2) is 0 Å². The van der Waals surface area contributed by atoms with Crippen LogP contribution in [0.1, 0.15) is 51.9 Å². The van der Waals surface area contributed by atoms with Crippen molar-refractivity contribution in [3.8, 4) is 0 Å². The normalized spacial score (nSPS) is 23.7. The van der Waals surface area contributed by atoms with Gasteiger partial charge in [0, 0.05) is 12.1 Å². The first-order chi connectivity index (χ1) is 8.16. The predicted molar refractivity (Wildman–Crippen MR) is 69.8 cm³/mol. The number of amides is 1. The van der Waals surface area contributed by atoms with Crippen LogP contribution in [0.4, 0.5) is 0 Å². The van der Waals surface area contributed by atoms with E-state index in [2.05, 4.69) is 24.2 Å². The van der Waals surface area contributed by atoms with Gasteiger partial charge >= 0.3 is 0 Å². The Kier molecular flexibility index (Phi) is 4.43. The van der Waals surface area contributed by atoms with Crippen molar-refractivity contribution in [2.45, 2.75) is 64.0 Å². The minimum absolute atomic E-state index is 0.215. The second kappa shape index (κ2) is 5.85. The molecule has 0 radical (unpaired) electrons. The van der Waals surface area contributed by atoms with E-state index in [1.807, 2.05) is 0 Å². The fourth-order valence-corrected chi connectivity index (χ4v) is 2.83. The molecule has 2 fully saturated rings. The third-order valence-corrected chi connectivity index (χ3v) is 4.36. The number of carbonyl (C=O) groups is 1. The molecule has 0 bridgehead atoms. The van der Waals surface area contributed by atoms with Crippen LogP contribution in [0, 0.1) is 5.92 Å². The Morgan fingerprint density at radius 3 is 2.47 bits per heavy atom. The summed E-state index contributed by atoms with van der Waals surface area (Å²) in [4.78, 5) is 14.1. The molecule has 2 saturated carbocycles. The third kappa shape index (κ3) is 3.98. The summed E-state index contributed by atoms with van der Waals surface area (Å²) in [6.45, 7) is 2.81. The Balaban J connectivity index is 1.68. The molecule has 0 aromatic heterocycles. The van der Waals surface area contributed by atoms with Gasteiger partial charge in [-0.2, -0.15) is 0 Å². The van der Waals surface area contributed by atoms with Gasteiger partial charge in [0.1, 0.15) is 0 Å². The topological polar surface area (TPSA) is 32.3 Å². The second-order valence-corrected chi connectivity index (χ2v) is 5.90. The van der Waals surface area contributed by atoms with Crippen LogP contribution in [0.5, 0.6) is 0 Å². The number of nitrogens with zero attached hydrogens (tertiary/aromatic N) is 1. The zero-order valence-corrected chi connectivity index (χ0v) is 11.2. The Hall–Kier alpha value is -0.570. The number of carbonyl (C=O) groups excluding carboxylic acids is 1. The van der Waals surface area contributed by atoms with E-state index in [0.717, 1.165) is 5.92 Å². The third-order valence-electron chi connectivity index (χ3n) is 4.36. The molecular weight excluding hydrogens is 212 g/mol. The van der Waals surface area contributed by atoms with E-state index in [4.69, 9.17) is 0 Å². The van der Waals surface area contributed by atoms with Crippen molar-refractivity contribution in [3.05, 3.63) is 0 Å². The first-order valence-electron chi connectivity index (χ1n) is 7.16. The molecule has 98 valence electrons. The van der Waals surface area contributed by atoms with E-state index in [0.29, 0.717) is 18.6 Å². The Morgan fingerprint density at radius 1 is 1.24 bits per heavy atom. The molecule has 3 nitrogen and oxygen atoms in total. The van der Waals surface area contributed by atoms with Crippen molar-refractivity contribution in [2.24, 2.45) is 5.92 Å². The van der Waals surface area contributed by atoms with E-state index < -0.39 is 0 Å². The van der Waals surface area contributed by atoms with Crippen LogP contribution < -0.4 is 5.32 Å². The van der Waals surface area contributed by atoms with Crippen molar-refractivity contribution in [1.82, 2.24) is 10.2 Å². The molecule has 2 rings (SSSR count). The van der Waals surface area contributed by atoms with Gasteiger partial charge < -0.3 is 5.32 Å². The molecule has 0 aliphatic heterocycles. The van der Waals surface area contributed by atoms with Crippen LogP contribution in [0.15, 0.2) is 0 Å². The highest BCUT2D eigenvalue weighted by Crippen LogP contribution is 2.34. The first-order valence-corrected chi connectivity index (χ1v) is 7.16. The molecule has 0 aromatic rings. The van der Waals surface area contributed by atoms with Gasteiger partial charge in [0.05, 0.1) is 6.54 Å². The molecule has 1 amide bonds. The van der Waals surface area contributed by atoms with E-state index in [9.17, 15) is 4.79 Å². The Morgan fingerprint density at radius 2 is 1.88 bits per heavy atom. The van der Waals surface area contributed by atoms with E-state index in [1.54, 1.807) is 0 Å². The van der Waals surface area contributed by atoms with Crippen molar-refractivity contribution >= 4 is 5.91 Å². The van der Waals surface area contributed by atoms with E-state index in [1.165, 1.54) is 44.9 Å². The van der Waals surface area contributed by atoms with Crippen molar-refractivity contribution in [3.63, 3.8) is 0 Å². The van der Waals surface area contributed by atoms with Crippen LogP contribution in [0.3, 0.4) is 0 Å². The largest absolute Gasteiger partial charge is 0.352 e. The lowest BCUT2D eigenvalue weighted by molar-refractivity contribution is -0.123. The molecule has 0 heterocycles. The van der Waals surface area contributed by atoms with Gasteiger partial charge in [-0.3, -0.25) is 9.69 Å².